The monoisotopic (exact) mass is 312 g/mol. The molecule has 19 heavy (non-hydrogen) atoms. The number of rotatable bonds is 1. The van der Waals surface area contributed by atoms with Gasteiger partial charge >= 0.3 is 6.18 Å². The topological polar surface area (TPSA) is 49.7 Å². The fraction of sp³-hybridized carbons (Fsp3) is 0.300. The average molecular weight is 313 g/mol. The van der Waals surface area contributed by atoms with Gasteiger partial charge in [-0.1, -0.05) is 17.7 Å². The van der Waals surface area contributed by atoms with Crippen molar-refractivity contribution < 1.29 is 21.6 Å². The number of nitrogens with zero attached hydrogens (tertiary/aromatic N) is 2. The fourth-order valence-electron chi connectivity index (χ4n) is 1.75. The van der Waals surface area contributed by atoms with E-state index in [1.807, 2.05) is 0 Å². The molecule has 1 aromatic rings. The van der Waals surface area contributed by atoms with Crippen LogP contribution in [-0.2, 0) is 10.0 Å². The summed E-state index contributed by atoms with van der Waals surface area (Å²) in [5.74, 6) is -0.294. The zero-order chi connectivity index (χ0) is 14.4. The van der Waals surface area contributed by atoms with Crippen molar-refractivity contribution in [2.45, 2.75) is 11.1 Å². The van der Waals surface area contributed by atoms with Crippen LogP contribution in [0.25, 0.3) is 0 Å². The standard InChI is InChI=1S/C10H8ClF3N2O2S/c1-16(5-10(12,13)14)9-8-6(11)3-2-4-7(8)19(17,18)15-9/h2-4H,5H2,1H3. The van der Waals surface area contributed by atoms with Crippen LogP contribution in [-0.4, -0.2) is 38.9 Å². The molecule has 0 fully saturated rings. The van der Waals surface area contributed by atoms with Gasteiger partial charge in [-0.05, 0) is 12.1 Å². The molecule has 1 aromatic carbocycles. The predicted molar refractivity (Wildman–Crippen MR) is 63.9 cm³/mol. The van der Waals surface area contributed by atoms with E-state index in [1.54, 1.807) is 0 Å². The Labute approximate surface area is 112 Å². The summed E-state index contributed by atoms with van der Waals surface area (Å²) in [4.78, 5) is 0.541. The molecule has 2 rings (SSSR count). The Kier molecular flexibility index (Phi) is 3.26. The lowest BCUT2D eigenvalue weighted by molar-refractivity contribution is -0.135. The Balaban J connectivity index is 2.51. The van der Waals surface area contributed by atoms with Gasteiger partial charge in [0.25, 0.3) is 10.0 Å². The van der Waals surface area contributed by atoms with Crippen molar-refractivity contribution in [2.24, 2.45) is 4.40 Å². The summed E-state index contributed by atoms with van der Waals surface area (Å²) in [7, 11) is -2.87. The second-order valence-corrected chi connectivity index (χ2v) is 5.95. The molecule has 0 aliphatic carbocycles. The molecule has 0 bridgehead atoms. The molecule has 4 nitrogen and oxygen atoms in total. The molecule has 0 unspecified atom stereocenters. The zero-order valence-electron chi connectivity index (χ0n) is 9.57. The Morgan fingerprint density at radius 2 is 2.00 bits per heavy atom. The second kappa shape index (κ2) is 4.38. The molecule has 0 saturated heterocycles. The molecule has 1 aliphatic heterocycles. The maximum atomic E-state index is 12.3. The zero-order valence-corrected chi connectivity index (χ0v) is 11.1. The SMILES string of the molecule is CN(CC(F)(F)F)C1=NS(=O)(=O)c2cccc(Cl)c21. The largest absolute Gasteiger partial charge is 0.405 e. The van der Waals surface area contributed by atoms with Gasteiger partial charge in [0.2, 0.25) is 0 Å². The summed E-state index contributed by atoms with van der Waals surface area (Å²) in [5, 5.41) is 0.0475. The lowest BCUT2D eigenvalue weighted by Crippen LogP contribution is -2.35. The molecule has 1 heterocycles. The highest BCUT2D eigenvalue weighted by Crippen LogP contribution is 2.33. The summed E-state index contributed by atoms with van der Waals surface area (Å²) in [6.45, 7) is -1.31. The van der Waals surface area contributed by atoms with E-state index in [0.717, 1.165) is 11.9 Å². The molecular formula is C10H8ClF3N2O2S. The molecule has 1 aliphatic rings. The molecule has 0 aromatic heterocycles. The quantitative estimate of drug-likeness (QED) is 0.799. The molecule has 0 saturated carbocycles. The van der Waals surface area contributed by atoms with Crippen LogP contribution in [0.15, 0.2) is 27.5 Å². The smallest absolute Gasteiger partial charge is 0.349 e. The van der Waals surface area contributed by atoms with Crippen LogP contribution in [0.1, 0.15) is 5.56 Å². The van der Waals surface area contributed by atoms with E-state index in [-0.39, 0.29) is 21.3 Å². The number of hydrogen-bond acceptors (Lipinski definition) is 3. The minimum atomic E-state index is -4.47. The molecule has 0 N–H and O–H groups in total. The highest BCUT2D eigenvalue weighted by atomic mass is 35.5. The third-order valence-electron chi connectivity index (χ3n) is 2.46. The van der Waals surface area contributed by atoms with Gasteiger partial charge < -0.3 is 4.90 Å². The van der Waals surface area contributed by atoms with E-state index < -0.39 is 22.7 Å². The highest BCUT2D eigenvalue weighted by Gasteiger charge is 2.37. The van der Waals surface area contributed by atoms with Crippen LogP contribution in [0.3, 0.4) is 0 Å². The van der Waals surface area contributed by atoms with Gasteiger partial charge in [0.15, 0.2) is 5.84 Å². The van der Waals surface area contributed by atoms with Crippen molar-refractivity contribution in [1.82, 2.24) is 4.90 Å². The fourth-order valence-corrected chi connectivity index (χ4v) is 3.33. The average Bonchev–Trinajstić information content (AvgIpc) is 2.50. The second-order valence-electron chi connectivity index (χ2n) is 3.97. The van der Waals surface area contributed by atoms with Gasteiger partial charge in [-0.3, -0.25) is 0 Å². The Morgan fingerprint density at radius 3 is 2.58 bits per heavy atom. The van der Waals surface area contributed by atoms with E-state index in [4.69, 9.17) is 11.6 Å². The van der Waals surface area contributed by atoms with E-state index >= 15 is 0 Å². The van der Waals surface area contributed by atoms with Gasteiger partial charge in [0.05, 0.1) is 10.6 Å². The minimum Gasteiger partial charge on any atom is -0.349 e. The number of benzene rings is 1. The Hall–Kier alpha value is -1.28. The number of hydrogen-bond donors (Lipinski definition) is 0. The first-order chi connectivity index (χ1) is 8.62. The van der Waals surface area contributed by atoms with Gasteiger partial charge in [0, 0.05) is 7.05 Å². The van der Waals surface area contributed by atoms with Crippen LogP contribution in [0.2, 0.25) is 5.02 Å². The summed E-state index contributed by atoms with van der Waals surface area (Å²) in [5.41, 5.74) is 0.0101. The third-order valence-corrected chi connectivity index (χ3v) is 4.09. The predicted octanol–water partition coefficient (Wildman–Crippen LogP) is 2.28. The van der Waals surface area contributed by atoms with E-state index in [0.29, 0.717) is 0 Å². The van der Waals surface area contributed by atoms with Crippen LogP contribution >= 0.6 is 11.6 Å². The lowest BCUT2D eigenvalue weighted by Gasteiger charge is -2.20. The normalized spacial score (nSPS) is 17.0. The number of fused-ring (bicyclic) bond motifs is 1. The van der Waals surface area contributed by atoms with E-state index in [2.05, 4.69) is 4.40 Å². The van der Waals surface area contributed by atoms with Crippen molar-refractivity contribution in [3.8, 4) is 0 Å². The number of amidine groups is 1. The maximum Gasteiger partial charge on any atom is 0.405 e. The van der Waals surface area contributed by atoms with Crippen LogP contribution < -0.4 is 0 Å². The molecule has 104 valence electrons. The van der Waals surface area contributed by atoms with E-state index in [1.165, 1.54) is 18.2 Å². The van der Waals surface area contributed by atoms with Crippen molar-refractivity contribution in [1.29, 1.82) is 0 Å². The van der Waals surface area contributed by atoms with E-state index in [9.17, 15) is 21.6 Å². The van der Waals surface area contributed by atoms with Crippen molar-refractivity contribution in [2.75, 3.05) is 13.6 Å². The summed E-state index contributed by atoms with van der Waals surface area (Å²) >= 11 is 5.85. The first-order valence-corrected chi connectivity index (χ1v) is 6.85. The molecule has 0 atom stereocenters. The minimum absolute atomic E-state index is 0.0101. The van der Waals surface area contributed by atoms with Gasteiger partial charge in [-0.15, -0.1) is 4.40 Å². The summed E-state index contributed by atoms with van der Waals surface area (Å²) in [6.07, 6.45) is -4.47. The first-order valence-electron chi connectivity index (χ1n) is 5.03. The van der Waals surface area contributed by atoms with Gasteiger partial charge in [0.1, 0.15) is 11.4 Å². The van der Waals surface area contributed by atoms with Crippen molar-refractivity contribution in [3.05, 3.63) is 28.8 Å². The molecular weight excluding hydrogens is 305 g/mol. The number of sulfonamides is 1. The summed E-state index contributed by atoms with van der Waals surface area (Å²) < 4.78 is 63.9. The van der Waals surface area contributed by atoms with Crippen LogP contribution in [0.5, 0.6) is 0 Å². The summed E-state index contributed by atoms with van der Waals surface area (Å²) in [6, 6.07) is 4.06. The lowest BCUT2D eigenvalue weighted by atomic mass is 10.2. The van der Waals surface area contributed by atoms with Crippen molar-refractivity contribution >= 4 is 27.5 Å². The van der Waals surface area contributed by atoms with Crippen LogP contribution in [0.4, 0.5) is 13.2 Å². The highest BCUT2D eigenvalue weighted by molar-refractivity contribution is 7.90. The maximum absolute atomic E-state index is 12.3. The molecule has 0 amide bonds. The number of halogens is 4. The van der Waals surface area contributed by atoms with Crippen LogP contribution in [0, 0.1) is 0 Å². The molecule has 9 heteroatoms. The molecule has 0 spiro atoms. The van der Waals surface area contributed by atoms with Crippen molar-refractivity contribution in [3.63, 3.8) is 0 Å². The Bertz CT molecular complexity index is 655. The number of alkyl halides is 3. The van der Waals surface area contributed by atoms with Gasteiger partial charge in [-0.25, -0.2) is 0 Å². The van der Waals surface area contributed by atoms with Gasteiger partial charge in [-0.2, -0.15) is 21.6 Å². The molecule has 0 radical (unpaired) electrons. The first kappa shape index (κ1) is 14.1. The third kappa shape index (κ3) is 2.69. The Morgan fingerprint density at radius 1 is 1.37 bits per heavy atom.